The molecule has 0 saturated carbocycles. The molecule has 1 fully saturated rings. The minimum absolute atomic E-state index is 0.0716. The fourth-order valence-electron chi connectivity index (χ4n) is 3.83. The van der Waals surface area contributed by atoms with E-state index in [0.29, 0.717) is 29.9 Å². The first-order chi connectivity index (χ1) is 14.5. The van der Waals surface area contributed by atoms with Crippen molar-refractivity contribution in [1.29, 1.82) is 0 Å². The molecule has 1 heterocycles. The Labute approximate surface area is 174 Å². The van der Waals surface area contributed by atoms with E-state index in [1.165, 1.54) is 6.07 Å². The summed E-state index contributed by atoms with van der Waals surface area (Å²) in [4.78, 5) is 26.1. The molecular weight excluding hydrogens is 380 g/mol. The van der Waals surface area contributed by atoms with Gasteiger partial charge in [-0.05, 0) is 24.6 Å². The van der Waals surface area contributed by atoms with E-state index in [4.69, 9.17) is 4.74 Å². The van der Waals surface area contributed by atoms with Crippen LogP contribution in [0.5, 0.6) is 0 Å². The smallest absolute Gasteiger partial charge is 0.293 e. The van der Waals surface area contributed by atoms with Gasteiger partial charge in [0.2, 0.25) is 0 Å². The van der Waals surface area contributed by atoms with Gasteiger partial charge in [-0.2, -0.15) is 0 Å². The molecule has 152 valence electrons. The second-order valence-electron chi connectivity index (χ2n) is 7.41. The number of benzene rings is 3. The number of carbonyl (C=O) groups is 1. The molecule has 0 aliphatic carbocycles. The van der Waals surface area contributed by atoms with E-state index < -0.39 is 4.92 Å². The van der Waals surface area contributed by atoms with Gasteiger partial charge in [0.05, 0.1) is 11.0 Å². The van der Waals surface area contributed by atoms with Crippen LogP contribution in [-0.2, 0) is 4.74 Å². The van der Waals surface area contributed by atoms with Crippen molar-refractivity contribution < 1.29 is 14.5 Å². The largest absolute Gasteiger partial charge is 0.367 e. The number of morpholine rings is 1. The van der Waals surface area contributed by atoms with Crippen LogP contribution in [0.2, 0.25) is 0 Å². The average Bonchev–Trinajstić information content (AvgIpc) is 2.79. The number of ketones is 1. The first-order valence-corrected chi connectivity index (χ1v) is 9.86. The Morgan fingerprint density at radius 3 is 2.30 bits per heavy atom. The Morgan fingerprint density at radius 1 is 0.967 bits per heavy atom. The third-order valence-electron chi connectivity index (χ3n) is 5.24. The summed E-state index contributed by atoms with van der Waals surface area (Å²) < 4.78 is 6.08. The second-order valence-corrected chi connectivity index (χ2v) is 7.41. The number of carbonyl (C=O) groups excluding carboxylic acids is 1. The van der Waals surface area contributed by atoms with Gasteiger partial charge in [-0.1, -0.05) is 60.7 Å². The summed E-state index contributed by atoms with van der Waals surface area (Å²) in [6, 6.07) is 23.3. The predicted octanol–water partition coefficient (Wildman–Crippen LogP) is 4.79. The monoisotopic (exact) mass is 402 g/mol. The Hall–Kier alpha value is -3.51. The van der Waals surface area contributed by atoms with E-state index in [9.17, 15) is 14.9 Å². The van der Waals surface area contributed by atoms with Crippen molar-refractivity contribution in [2.45, 2.75) is 19.1 Å². The first kappa shape index (κ1) is 19.8. The molecule has 1 aliphatic rings. The Balaban J connectivity index is 1.66. The highest BCUT2D eigenvalue weighted by Gasteiger charge is 2.30. The Kier molecular flexibility index (Phi) is 5.59. The summed E-state index contributed by atoms with van der Waals surface area (Å²) in [7, 11) is 0. The highest BCUT2D eigenvalue weighted by atomic mass is 16.6. The first-order valence-electron chi connectivity index (χ1n) is 9.86. The molecule has 30 heavy (non-hydrogen) atoms. The van der Waals surface area contributed by atoms with Crippen LogP contribution in [0, 0.1) is 10.1 Å². The number of nitrogens with zero attached hydrogens (tertiary/aromatic N) is 2. The Morgan fingerprint density at radius 2 is 1.63 bits per heavy atom. The van der Waals surface area contributed by atoms with Gasteiger partial charge in [0.1, 0.15) is 11.8 Å². The van der Waals surface area contributed by atoms with Crippen molar-refractivity contribution in [2.24, 2.45) is 0 Å². The van der Waals surface area contributed by atoms with E-state index >= 15 is 0 Å². The molecule has 6 heteroatoms. The predicted molar refractivity (Wildman–Crippen MR) is 115 cm³/mol. The highest BCUT2D eigenvalue weighted by molar-refractivity contribution is 6.09. The lowest BCUT2D eigenvalue weighted by Crippen LogP contribution is -2.43. The van der Waals surface area contributed by atoms with Gasteiger partial charge in [0.25, 0.3) is 5.69 Å². The standard InChI is InChI=1S/C24H22N2O4/c1-17-15-25(16-23(30-17)18-8-4-2-5-9-18)21-13-12-20(14-22(21)26(28)29)24(27)19-10-6-3-7-11-19/h2-14,17,23H,15-16H2,1H3. The zero-order valence-corrected chi connectivity index (χ0v) is 16.6. The van der Waals surface area contributed by atoms with Gasteiger partial charge in [0, 0.05) is 30.3 Å². The van der Waals surface area contributed by atoms with Crippen LogP contribution >= 0.6 is 0 Å². The zero-order chi connectivity index (χ0) is 21.1. The Bertz CT molecular complexity index is 1050. The molecule has 6 nitrogen and oxygen atoms in total. The van der Waals surface area contributed by atoms with E-state index in [1.54, 1.807) is 36.4 Å². The summed E-state index contributed by atoms with van der Waals surface area (Å²) in [5.74, 6) is -0.234. The SMILES string of the molecule is CC1CN(c2ccc(C(=O)c3ccccc3)cc2[N+](=O)[O-])CC(c2ccccc2)O1. The van der Waals surface area contributed by atoms with Crippen LogP contribution in [0.25, 0.3) is 0 Å². The molecule has 0 N–H and O–H groups in total. The molecule has 1 saturated heterocycles. The maximum Gasteiger partial charge on any atom is 0.293 e. The van der Waals surface area contributed by atoms with E-state index in [0.717, 1.165) is 5.56 Å². The van der Waals surface area contributed by atoms with Gasteiger partial charge >= 0.3 is 0 Å². The summed E-state index contributed by atoms with van der Waals surface area (Å²) in [6.45, 7) is 3.00. The number of hydrogen-bond acceptors (Lipinski definition) is 5. The van der Waals surface area contributed by atoms with Gasteiger partial charge < -0.3 is 9.64 Å². The molecule has 0 spiro atoms. The van der Waals surface area contributed by atoms with Crippen LogP contribution in [-0.4, -0.2) is 29.9 Å². The topological polar surface area (TPSA) is 72.7 Å². The van der Waals surface area contributed by atoms with E-state index in [-0.39, 0.29) is 23.7 Å². The lowest BCUT2D eigenvalue weighted by atomic mass is 10.0. The van der Waals surface area contributed by atoms with Crippen LogP contribution < -0.4 is 4.90 Å². The van der Waals surface area contributed by atoms with Crippen molar-refractivity contribution in [2.75, 3.05) is 18.0 Å². The molecular formula is C24H22N2O4. The third kappa shape index (κ3) is 4.09. The van der Waals surface area contributed by atoms with Crippen LogP contribution in [0.15, 0.2) is 78.9 Å². The lowest BCUT2D eigenvalue weighted by molar-refractivity contribution is -0.384. The number of ether oxygens (including phenoxy) is 1. The van der Waals surface area contributed by atoms with Crippen LogP contribution in [0.4, 0.5) is 11.4 Å². The minimum Gasteiger partial charge on any atom is -0.367 e. The summed E-state index contributed by atoms with van der Waals surface area (Å²) >= 11 is 0. The normalized spacial score (nSPS) is 18.8. The van der Waals surface area contributed by atoms with E-state index in [2.05, 4.69) is 0 Å². The molecule has 2 atom stereocenters. The van der Waals surface area contributed by atoms with Gasteiger partial charge in [0.15, 0.2) is 5.78 Å². The van der Waals surface area contributed by atoms with Crippen LogP contribution in [0.3, 0.4) is 0 Å². The van der Waals surface area contributed by atoms with E-state index in [1.807, 2.05) is 48.2 Å². The van der Waals surface area contributed by atoms with Crippen LogP contribution in [0.1, 0.15) is 34.5 Å². The average molecular weight is 402 g/mol. The van der Waals surface area contributed by atoms with Gasteiger partial charge in [-0.3, -0.25) is 14.9 Å². The molecule has 0 bridgehead atoms. The maximum atomic E-state index is 12.7. The maximum absolute atomic E-state index is 12.7. The number of rotatable bonds is 5. The molecule has 3 aromatic rings. The van der Waals surface area contributed by atoms with Crippen molar-refractivity contribution >= 4 is 17.2 Å². The molecule has 2 unspecified atom stereocenters. The molecule has 0 amide bonds. The van der Waals surface area contributed by atoms with Crippen molar-refractivity contribution in [3.63, 3.8) is 0 Å². The lowest BCUT2D eigenvalue weighted by Gasteiger charge is -2.38. The molecule has 3 aromatic carbocycles. The van der Waals surface area contributed by atoms with Gasteiger partial charge in [-0.25, -0.2) is 0 Å². The van der Waals surface area contributed by atoms with Gasteiger partial charge in [-0.15, -0.1) is 0 Å². The zero-order valence-electron chi connectivity index (χ0n) is 16.6. The molecule has 0 aromatic heterocycles. The highest BCUT2D eigenvalue weighted by Crippen LogP contribution is 2.35. The van der Waals surface area contributed by atoms with Crippen molar-refractivity contribution in [1.82, 2.24) is 0 Å². The van der Waals surface area contributed by atoms with Crippen molar-refractivity contribution in [3.05, 3.63) is 106 Å². The minimum atomic E-state index is -0.422. The second kappa shape index (κ2) is 8.47. The van der Waals surface area contributed by atoms with Crippen molar-refractivity contribution in [3.8, 4) is 0 Å². The molecule has 4 rings (SSSR count). The number of nitro benzene ring substituents is 1. The summed E-state index contributed by atoms with van der Waals surface area (Å²) in [5, 5.41) is 11.8. The number of anilines is 1. The number of nitro groups is 1. The molecule has 0 radical (unpaired) electrons. The summed E-state index contributed by atoms with van der Waals surface area (Å²) in [5.41, 5.74) is 2.27. The summed E-state index contributed by atoms with van der Waals surface area (Å²) in [6.07, 6.45) is -0.269. The fraction of sp³-hybridized carbons (Fsp3) is 0.208. The number of hydrogen-bond donors (Lipinski definition) is 0. The molecule has 1 aliphatic heterocycles. The third-order valence-corrected chi connectivity index (χ3v) is 5.24. The fourth-order valence-corrected chi connectivity index (χ4v) is 3.83. The quantitative estimate of drug-likeness (QED) is 0.348.